The van der Waals surface area contributed by atoms with Gasteiger partial charge in [-0.05, 0) is 57.8 Å². The SMILES string of the molecule is CC/C=C\C/C=C\C/C=C\C/C=C\C/C=C\CCCCCCCCCCCCCCCCCCCCCCCC(=O)NC(COC1OC(CO)C(OC2OC(CO)C(O)C(O)C2O)C(O)C1O)C(O)CCCCCCCCCCCCCCCCCCCCCCCCCCCCCCCCCC. The fourth-order valence-electron chi connectivity index (χ4n) is 14.6. The monoisotopic (exact) mass is 1460 g/mol. The van der Waals surface area contributed by atoms with Crippen molar-refractivity contribution in [3.8, 4) is 0 Å². The van der Waals surface area contributed by atoms with Gasteiger partial charge in [-0.15, -0.1) is 0 Å². The molecule has 2 aliphatic heterocycles. The van der Waals surface area contributed by atoms with Crippen LogP contribution in [-0.2, 0) is 23.7 Å². The molecule has 2 fully saturated rings. The minimum absolute atomic E-state index is 0.199. The highest BCUT2D eigenvalue weighted by Gasteiger charge is 2.51. The van der Waals surface area contributed by atoms with E-state index in [2.05, 4.69) is 79.9 Å². The van der Waals surface area contributed by atoms with Crippen molar-refractivity contribution in [2.75, 3.05) is 19.8 Å². The summed E-state index contributed by atoms with van der Waals surface area (Å²) >= 11 is 0. The third-order valence-electron chi connectivity index (χ3n) is 21.5. The van der Waals surface area contributed by atoms with Crippen LogP contribution in [-0.4, -0.2) is 140 Å². The Morgan fingerprint density at radius 1 is 0.359 bits per heavy atom. The molecule has 604 valence electrons. The van der Waals surface area contributed by atoms with Crippen LogP contribution in [0.2, 0.25) is 0 Å². The lowest BCUT2D eigenvalue weighted by atomic mass is 9.97. The average Bonchev–Trinajstić information content (AvgIpc) is 0.791. The van der Waals surface area contributed by atoms with Crippen molar-refractivity contribution in [3.63, 3.8) is 0 Å². The van der Waals surface area contributed by atoms with Crippen molar-refractivity contribution in [1.29, 1.82) is 0 Å². The Hall–Kier alpha value is -2.31. The van der Waals surface area contributed by atoms with Crippen molar-refractivity contribution in [2.24, 2.45) is 0 Å². The molecule has 1 amide bonds. The van der Waals surface area contributed by atoms with Crippen LogP contribution in [0.1, 0.15) is 406 Å². The Kier molecular flexibility index (Phi) is 68.2. The van der Waals surface area contributed by atoms with Gasteiger partial charge in [-0.2, -0.15) is 0 Å². The van der Waals surface area contributed by atoms with E-state index in [1.807, 2.05) is 0 Å². The largest absolute Gasteiger partial charge is 0.394 e. The van der Waals surface area contributed by atoms with E-state index in [1.54, 1.807) is 0 Å². The molecule has 2 aliphatic rings. The molecule has 9 N–H and O–H groups in total. The molecule has 2 rings (SSSR count). The summed E-state index contributed by atoms with van der Waals surface area (Å²) in [5, 5.41) is 88.0. The van der Waals surface area contributed by atoms with Gasteiger partial charge in [0, 0.05) is 6.42 Å². The van der Waals surface area contributed by atoms with Gasteiger partial charge in [0.2, 0.25) is 5.91 Å². The molecule has 0 aromatic heterocycles. The molecule has 14 nitrogen and oxygen atoms in total. The standard InChI is InChI=1S/C89H165NO13/c1-3-5-7-9-11-13-15-17-19-21-23-25-27-29-31-33-35-37-38-39-40-41-43-45-47-49-51-53-55-57-59-61-63-65-67-69-71-73-81(94)90-77(76-100-88-86(99)84(97)87(80(75-92)102-88)103-89-85(98)83(96)82(95)79(74-91)101-89)78(93)72-70-68-66-64-62-60-58-56-54-52-50-48-46-44-42-36-34-32-30-28-26-24-22-20-18-16-14-12-10-8-6-4-2/h5,7,11,13,17,19,23,25,29,31,77-80,82-89,91-93,95-99H,3-4,6,8-10,12,14-16,18,20-22,24,26-28,30,32-76H2,1-2H3,(H,90,94)/b7-5-,13-11-,19-17-,25-23-,31-29-. The molecule has 12 unspecified atom stereocenters. The Bertz CT molecular complexity index is 1960. The lowest BCUT2D eigenvalue weighted by Gasteiger charge is -2.46. The molecule has 14 heteroatoms. The number of allylic oxidation sites excluding steroid dienone is 10. The van der Waals surface area contributed by atoms with Crippen molar-refractivity contribution in [1.82, 2.24) is 5.32 Å². The summed E-state index contributed by atoms with van der Waals surface area (Å²) in [7, 11) is 0. The fraction of sp³-hybridized carbons (Fsp3) is 0.876. The summed E-state index contributed by atoms with van der Waals surface area (Å²) < 4.78 is 23.0. The Morgan fingerprint density at radius 2 is 0.670 bits per heavy atom. The van der Waals surface area contributed by atoms with Gasteiger partial charge in [0.15, 0.2) is 12.6 Å². The summed E-state index contributed by atoms with van der Waals surface area (Å²) in [5.41, 5.74) is 0. The van der Waals surface area contributed by atoms with Gasteiger partial charge in [-0.1, -0.05) is 402 Å². The van der Waals surface area contributed by atoms with Crippen molar-refractivity contribution >= 4 is 5.91 Å². The van der Waals surface area contributed by atoms with Crippen LogP contribution in [0.5, 0.6) is 0 Å². The lowest BCUT2D eigenvalue weighted by molar-refractivity contribution is -0.359. The van der Waals surface area contributed by atoms with Gasteiger partial charge >= 0.3 is 0 Å². The predicted octanol–water partition coefficient (Wildman–Crippen LogP) is 21.1. The van der Waals surface area contributed by atoms with Gasteiger partial charge < -0.3 is 65.1 Å². The van der Waals surface area contributed by atoms with Crippen LogP contribution in [0.15, 0.2) is 60.8 Å². The molecule has 0 aromatic rings. The highest BCUT2D eigenvalue weighted by atomic mass is 16.7. The molecule has 2 heterocycles. The van der Waals surface area contributed by atoms with E-state index in [-0.39, 0.29) is 12.5 Å². The Morgan fingerprint density at radius 3 is 1.03 bits per heavy atom. The normalized spacial score (nSPS) is 21.8. The summed E-state index contributed by atoms with van der Waals surface area (Å²) in [6.45, 7) is 2.82. The van der Waals surface area contributed by atoms with Gasteiger partial charge in [0.05, 0.1) is 32.0 Å². The highest BCUT2D eigenvalue weighted by Crippen LogP contribution is 2.31. The first-order chi connectivity index (χ1) is 50.6. The molecular weight excluding hydrogens is 1290 g/mol. The summed E-state index contributed by atoms with van der Waals surface area (Å²) in [6.07, 6.45) is 82.9. The van der Waals surface area contributed by atoms with Gasteiger partial charge in [0.25, 0.3) is 0 Å². The number of aliphatic hydroxyl groups excluding tert-OH is 8. The quantitative estimate of drug-likeness (QED) is 0.0204. The van der Waals surface area contributed by atoms with E-state index in [1.165, 1.54) is 295 Å². The van der Waals surface area contributed by atoms with E-state index < -0.39 is 86.8 Å². The van der Waals surface area contributed by atoms with Crippen molar-refractivity contribution < 1.29 is 64.6 Å². The number of unbranched alkanes of at least 4 members (excludes halogenated alkanes) is 52. The second kappa shape index (κ2) is 72.5. The summed E-state index contributed by atoms with van der Waals surface area (Å²) in [6, 6.07) is -0.831. The van der Waals surface area contributed by atoms with Crippen LogP contribution in [0.3, 0.4) is 0 Å². The summed E-state index contributed by atoms with van der Waals surface area (Å²) in [4.78, 5) is 13.4. The molecule has 103 heavy (non-hydrogen) atoms. The van der Waals surface area contributed by atoms with Gasteiger partial charge in [-0.25, -0.2) is 0 Å². The number of aliphatic hydroxyl groups is 8. The van der Waals surface area contributed by atoms with Gasteiger partial charge in [0.1, 0.15) is 48.8 Å². The maximum Gasteiger partial charge on any atom is 0.220 e. The van der Waals surface area contributed by atoms with E-state index in [9.17, 15) is 45.6 Å². The first kappa shape index (κ1) is 96.8. The number of carbonyl (C=O) groups excluding carboxylic acids is 1. The van der Waals surface area contributed by atoms with Crippen LogP contribution >= 0.6 is 0 Å². The van der Waals surface area contributed by atoms with Crippen molar-refractivity contribution in [2.45, 2.75) is 479 Å². The number of amides is 1. The van der Waals surface area contributed by atoms with Crippen LogP contribution in [0.25, 0.3) is 0 Å². The molecule has 0 radical (unpaired) electrons. The van der Waals surface area contributed by atoms with E-state index in [0.717, 1.165) is 83.5 Å². The number of nitrogens with one attached hydrogen (secondary N) is 1. The van der Waals surface area contributed by atoms with Crippen molar-refractivity contribution in [3.05, 3.63) is 60.8 Å². The zero-order valence-electron chi connectivity index (χ0n) is 66.6. The predicted molar refractivity (Wildman–Crippen MR) is 429 cm³/mol. The van der Waals surface area contributed by atoms with E-state index in [0.29, 0.717) is 12.8 Å². The highest BCUT2D eigenvalue weighted by molar-refractivity contribution is 5.76. The number of ether oxygens (including phenoxy) is 4. The smallest absolute Gasteiger partial charge is 0.220 e. The number of hydrogen-bond acceptors (Lipinski definition) is 13. The Balaban J connectivity index is 1.56. The van der Waals surface area contributed by atoms with Crippen LogP contribution in [0.4, 0.5) is 0 Å². The lowest BCUT2D eigenvalue weighted by Crippen LogP contribution is -2.65. The number of hydrogen-bond donors (Lipinski definition) is 9. The number of rotatable bonds is 75. The molecule has 0 bridgehead atoms. The maximum absolute atomic E-state index is 13.4. The average molecular weight is 1460 g/mol. The minimum Gasteiger partial charge on any atom is -0.394 e. The first-order valence-electron chi connectivity index (χ1n) is 44.0. The van der Waals surface area contributed by atoms with Gasteiger partial charge in [-0.3, -0.25) is 4.79 Å². The molecule has 0 spiro atoms. The summed E-state index contributed by atoms with van der Waals surface area (Å²) in [5.74, 6) is -0.199. The molecule has 12 atom stereocenters. The second-order valence-corrected chi connectivity index (χ2v) is 31.0. The Labute approximate surface area is 632 Å². The fourth-order valence-corrected chi connectivity index (χ4v) is 14.6. The first-order valence-corrected chi connectivity index (χ1v) is 44.0. The van der Waals surface area contributed by atoms with Crippen LogP contribution < -0.4 is 5.32 Å². The zero-order chi connectivity index (χ0) is 74.4. The molecular formula is C89H165NO13. The topological polar surface area (TPSA) is 228 Å². The third-order valence-corrected chi connectivity index (χ3v) is 21.5. The number of carbonyl (C=O) groups is 1. The maximum atomic E-state index is 13.4. The second-order valence-electron chi connectivity index (χ2n) is 31.0. The molecule has 0 aliphatic carbocycles. The van der Waals surface area contributed by atoms with Crippen LogP contribution in [0, 0.1) is 0 Å². The van der Waals surface area contributed by atoms with E-state index in [4.69, 9.17) is 18.9 Å². The zero-order valence-corrected chi connectivity index (χ0v) is 66.6. The minimum atomic E-state index is -1.78. The molecule has 0 saturated carbocycles. The third kappa shape index (κ3) is 54.9. The van der Waals surface area contributed by atoms with E-state index >= 15 is 0 Å². The molecule has 0 aromatic carbocycles. The molecule has 2 saturated heterocycles.